The number of anilines is 2. The van der Waals surface area contributed by atoms with E-state index in [1.54, 1.807) is 18.2 Å². The van der Waals surface area contributed by atoms with Crippen molar-refractivity contribution >= 4 is 29.1 Å². The number of methoxy groups -OCH3 is 1. The molecule has 0 fully saturated rings. The van der Waals surface area contributed by atoms with Gasteiger partial charge in [0.25, 0.3) is 0 Å². The zero-order valence-corrected chi connectivity index (χ0v) is 10.7. The Hall–Kier alpha value is -2.34. The van der Waals surface area contributed by atoms with Gasteiger partial charge in [-0.05, 0) is 12.1 Å². The summed E-state index contributed by atoms with van der Waals surface area (Å²) in [6.45, 7) is 0. The fourth-order valence-electron chi connectivity index (χ4n) is 1.44. The van der Waals surface area contributed by atoms with E-state index in [0.29, 0.717) is 16.5 Å². The highest BCUT2D eigenvalue weighted by Gasteiger charge is 2.13. The molecule has 7 heteroatoms. The summed E-state index contributed by atoms with van der Waals surface area (Å²) < 4.78 is 5.08. The number of aromatic nitrogens is 2. The summed E-state index contributed by atoms with van der Waals surface area (Å²) in [4.78, 5) is 18.6. The molecule has 98 valence electrons. The summed E-state index contributed by atoms with van der Waals surface area (Å²) >= 11 is 6.03. The number of halogens is 1. The van der Waals surface area contributed by atoms with Crippen molar-refractivity contribution in [2.45, 2.75) is 0 Å². The average Bonchev–Trinajstić information content (AvgIpc) is 2.41. The van der Waals surface area contributed by atoms with E-state index in [1.807, 2.05) is 0 Å². The number of rotatable bonds is 4. The molecule has 0 atom stereocenters. The lowest BCUT2D eigenvalue weighted by Crippen LogP contribution is -2.05. The van der Waals surface area contributed by atoms with Crippen molar-refractivity contribution in [3.63, 3.8) is 0 Å². The maximum Gasteiger partial charge on any atom is 0.341 e. The first kappa shape index (κ1) is 13.1. The molecule has 0 saturated carbocycles. The fraction of sp³-hybridized carbons (Fsp3) is 0.0833. The van der Waals surface area contributed by atoms with Gasteiger partial charge in [-0.1, -0.05) is 11.6 Å². The Balaban J connectivity index is 2.38. The van der Waals surface area contributed by atoms with Gasteiger partial charge >= 0.3 is 5.97 Å². The number of carboxylic acid groups (broad SMARTS) is 1. The third-order valence-corrected chi connectivity index (χ3v) is 2.70. The minimum absolute atomic E-state index is 0.0404. The highest BCUT2D eigenvalue weighted by Crippen LogP contribution is 2.29. The van der Waals surface area contributed by atoms with E-state index in [0.717, 1.165) is 0 Å². The average molecular weight is 280 g/mol. The SMILES string of the molecule is COc1ccc(Cl)c(Nc2ncncc2C(=O)O)c1. The van der Waals surface area contributed by atoms with E-state index < -0.39 is 5.97 Å². The van der Waals surface area contributed by atoms with Gasteiger partial charge in [0.2, 0.25) is 0 Å². The zero-order chi connectivity index (χ0) is 13.8. The van der Waals surface area contributed by atoms with Gasteiger partial charge in [0.1, 0.15) is 23.5 Å². The first-order valence-corrected chi connectivity index (χ1v) is 5.63. The molecule has 1 heterocycles. The molecule has 0 aliphatic carbocycles. The number of carbonyl (C=O) groups is 1. The summed E-state index contributed by atoms with van der Waals surface area (Å²) in [7, 11) is 1.53. The van der Waals surface area contributed by atoms with Gasteiger partial charge in [0.15, 0.2) is 0 Å². The van der Waals surface area contributed by atoms with Gasteiger partial charge in [-0.25, -0.2) is 14.8 Å². The summed E-state index contributed by atoms with van der Waals surface area (Å²) in [6, 6.07) is 4.99. The summed E-state index contributed by atoms with van der Waals surface area (Å²) in [5.74, 6) is -0.363. The zero-order valence-electron chi connectivity index (χ0n) is 9.92. The van der Waals surface area contributed by atoms with Gasteiger partial charge in [-0.2, -0.15) is 0 Å². The molecule has 0 spiro atoms. The predicted molar refractivity (Wildman–Crippen MR) is 70.3 cm³/mol. The van der Waals surface area contributed by atoms with Crippen LogP contribution in [0.5, 0.6) is 5.75 Å². The molecule has 0 aliphatic rings. The maximum atomic E-state index is 11.0. The van der Waals surface area contributed by atoms with E-state index >= 15 is 0 Å². The molecule has 1 aromatic heterocycles. The lowest BCUT2D eigenvalue weighted by molar-refractivity contribution is 0.0697. The first-order chi connectivity index (χ1) is 9.11. The molecule has 2 rings (SSSR count). The number of nitrogens with zero attached hydrogens (tertiary/aromatic N) is 2. The van der Waals surface area contributed by atoms with Crippen LogP contribution < -0.4 is 10.1 Å². The molecule has 2 N–H and O–H groups in total. The molecule has 2 aromatic rings. The van der Waals surface area contributed by atoms with Crippen LogP contribution in [-0.4, -0.2) is 28.2 Å². The monoisotopic (exact) mass is 279 g/mol. The maximum absolute atomic E-state index is 11.0. The van der Waals surface area contributed by atoms with Crippen LogP contribution in [0.2, 0.25) is 5.02 Å². The summed E-state index contributed by atoms with van der Waals surface area (Å²) in [5.41, 5.74) is 0.462. The van der Waals surface area contributed by atoms with Crippen molar-refractivity contribution in [1.29, 1.82) is 0 Å². The lowest BCUT2D eigenvalue weighted by atomic mass is 10.2. The van der Waals surface area contributed by atoms with Crippen LogP contribution in [0.3, 0.4) is 0 Å². The highest BCUT2D eigenvalue weighted by atomic mass is 35.5. The van der Waals surface area contributed by atoms with Crippen LogP contribution in [0.25, 0.3) is 0 Å². The Morgan fingerprint density at radius 3 is 2.95 bits per heavy atom. The number of aromatic carboxylic acids is 1. The minimum Gasteiger partial charge on any atom is -0.497 e. The quantitative estimate of drug-likeness (QED) is 0.895. The van der Waals surface area contributed by atoms with Crippen molar-refractivity contribution in [1.82, 2.24) is 9.97 Å². The molecule has 0 saturated heterocycles. The van der Waals surface area contributed by atoms with E-state index in [4.69, 9.17) is 21.4 Å². The highest BCUT2D eigenvalue weighted by molar-refractivity contribution is 6.33. The molecular weight excluding hydrogens is 270 g/mol. The molecule has 0 unspecified atom stereocenters. The Morgan fingerprint density at radius 1 is 1.47 bits per heavy atom. The van der Waals surface area contributed by atoms with Gasteiger partial charge in [-0.15, -0.1) is 0 Å². The largest absolute Gasteiger partial charge is 0.497 e. The molecule has 0 bridgehead atoms. The smallest absolute Gasteiger partial charge is 0.341 e. The van der Waals surface area contributed by atoms with Crippen molar-refractivity contribution in [3.05, 3.63) is 41.3 Å². The van der Waals surface area contributed by atoms with Crippen LogP contribution in [0, 0.1) is 0 Å². The molecule has 6 nitrogen and oxygen atoms in total. The van der Waals surface area contributed by atoms with Crippen molar-refractivity contribution < 1.29 is 14.6 Å². The van der Waals surface area contributed by atoms with Gasteiger partial charge < -0.3 is 15.2 Å². The Morgan fingerprint density at radius 2 is 2.26 bits per heavy atom. The summed E-state index contributed by atoms with van der Waals surface area (Å²) in [6.07, 6.45) is 2.47. The number of nitrogens with one attached hydrogen (secondary N) is 1. The molecular formula is C12H10ClN3O3. The molecule has 0 amide bonds. The van der Waals surface area contributed by atoms with Gasteiger partial charge in [0, 0.05) is 12.3 Å². The number of ether oxygens (including phenoxy) is 1. The second-order valence-electron chi connectivity index (χ2n) is 3.56. The van der Waals surface area contributed by atoms with Crippen LogP contribution in [0.15, 0.2) is 30.7 Å². The minimum atomic E-state index is -1.12. The second kappa shape index (κ2) is 5.53. The van der Waals surface area contributed by atoms with Gasteiger partial charge in [-0.3, -0.25) is 0 Å². The first-order valence-electron chi connectivity index (χ1n) is 5.25. The van der Waals surface area contributed by atoms with E-state index in [9.17, 15) is 4.79 Å². The summed E-state index contributed by atoms with van der Waals surface area (Å²) in [5, 5.41) is 12.3. The Bertz CT molecular complexity index is 619. The normalized spacial score (nSPS) is 10.0. The van der Waals surface area contributed by atoms with Crippen molar-refractivity contribution in [2.24, 2.45) is 0 Å². The molecule has 0 aliphatic heterocycles. The van der Waals surface area contributed by atoms with Crippen LogP contribution in [0.4, 0.5) is 11.5 Å². The number of carboxylic acids is 1. The molecule has 1 aromatic carbocycles. The van der Waals surface area contributed by atoms with Gasteiger partial charge in [0.05, 0.1) is 17.8 Å². The topological polar surface area (TPSA) is 84.3 Å². The van der Waals surface area contributed by atoms with Crippen LogP contribution in [0.1, 0.15) is 10.4 Å². The van der Waals surface area contributed by atoms with Crippen LogP contribution in [-0.2, 0) is 0 Å². The predicted octanol–water partition coefficient (Wildman–Crippen LogP) is 2.58. The fourth-order valence-corrected chi connectivity index (χ4v) is 1.61. The Labute approximate surface area is 114 Å². The lowest BCUT2D eigenvalue weighted by Gasteiger charge is -2.10. The van der Waals surface area contributed by atoms with E-state index in [1.165, 1.54) is 19.6 Å². The van der Waals surface area contributed by atoms with Crippen molar-refractivity contribution in [2.75, 3.05) is 12.4 Å². The van der Waals surface area contributed by atoms with E-state index in [2.05, 4.69) is 15.3 Å². The molecule has 19 heavy (non-hydrogen) atoms. The number of benzene rings is 1. The van der Waals surface area contributed by atoms with E-state index in [-0.39, 0.29) is 11.4 Å². The Kier molecular flexibility index (Phi) is 3.82. The van der Waals surface area contributed by atoms with Crippen molar-refractivity contribution in [3.8, 4) is 5.75 Å². The third kappa shape index (κ3) is 2.92. The number of hydrogen-bond acceptors (Lipinski definition) is 5. The number of hydrogen-bond donors (Lipinski definition) is 2. The molecule has 0 radical (unpaired) electrons. The third-order valence-electron chi connectivity index (χ3n) is 2.37. The second-order valence-corrected chi connectivity index (χ2v) is 3.97. The standard InChI is InChI=1S/C12H10ClN3O3/c1-19-7-2-3-9(13)10(4-7)16-11-8(12(17)18)5-14-6-15-11/h2-6H,1H3,(H,17,18)(H,14,15,16). The van der Waals surface area contributed by atoms with Crippen LogP contribution >= 0.6 is 11.6 Å².